The van der Waals surface area contributed by atoms with Crippen LogP contribution in [0.1, 0.15) is 28.7 Å². The van der Waals surface area contributed by atoms with Gasteiger partial charge in [0.15, 0.2) is 10.9 Å². The smallest absolute Gasteiger partial charge is 0.232 e. The van der Waals surface area contributed by atoms with Crippen LogP contribution in [-0.2, 0) is 17.8 Å². The molecule has 30 heavy (non-hydrogen) atoms. The van der Waals surface area contributed by atoms with E-state index < -0.39 is 0 Å². The third-order valence-electron chi connectivity index (χ3n) is 4.22. The van der Waals surface area contributed by atoms with Crippen LogP contribution < -0.4 is 5.32 Å². The summed E-state index contributed by atoms with van der Waals surface area (Å²) in [5, 5.41) is 20.3. The van der Waals surface area contributed by atoms with Gasteiger partial charge in [-0.15, -0.1) is 10.2 Å². The largest absolute Gasteiger partial charge is 0.326 e. The molecule has 0 unspecified atom stereocenters. The van der Waals surface area contributed by atoms with Crippen molar-refractivity contribution in [3.05, 3.63) is 71.3 Å². The van der Waals surface area contributed by atoms with Crippen LogP contribution in [0, 0.1) is 17.1 Å². The van der Waals surface area contributed by atoms with Gasteiger partial charge in [0.25, 0.3) is 0 Å². The van der Waals surface area contributed by atoms with Crippen LogP contribution in [-0.4, -0.2) is 32.2 Å². The second-order valence-electron chi connectivity index (χ2n) is 6.28. The van der Waals surface area contributed by atoms with Gasteiger partial charge in [-0.3, -0.25) is 9.59 Å². The van der Waals surface area contributed by atoms with Crippen LogP contribution in [0.4, 0.5) is 10.1 Å². The zero-order valence-electron chi connectivity index (χ0n) is 16.1. The highest BCUT2D eigenvalue weighted by Gasteiger charge is 2.16. The number of nitriles is 1. The number of hydrogen-bond donors (Lipinski definition) is 1. The topological polar surface area (TPSA) is 101 Å². The molecule has 0 aliphatic rings. The van der Waals surface area contributed by atoms with Crippen molar-refractivity contribution in [2.75, 3.05) is 11.1 Å². The Morgan fingerprint density at radius 2 is 1.83 bits per heavy atom. The van der Waals surface area contributed by atoms with Crippen LogP contribution in [0.15, 0.2) is 53.7 Å². The maximum absolute atomic E-state index is 13.0. The zero-order chi connectivity index (χ0) is 21.5. The molecule has 0 aliphatic carbocycles. The van der Waals surface area contributed by atoms with Crippen LogP contribution in [0.2, 0.25) is 0 Å². The molecule has 0 saturated carbocycles. The summed E-state index contributed by atoms with van der Waals surface area (Å²) in [6.45, 7) is 2.44. The first kappa shape index (κ1) is 21.2. The first-order valence-electron chi connectivity index (χ1n) is 9.13. The van der Waals surface area contributed by atoms with Gasteiger partial charge >= 0.3 is 0 Å². The van der Waals surface area contributed by atoms with Crippen LogP contribution in [0.5, 0.6) is 0 Å². The predicted molar refractivity (Wildman–Crippen MR) is 111 cm³/mol. The van der Waals surface area contributed by atoms with Gasteiger partial charge in [-0.1, -0.05) is 23.9 Å². The van der Waals surface area contributed by atoms with Gasteiger partial charge in [0, 0.05) is 17.8 Å². The number of nitrogens with one attached hydrogen (secondary N) is 1. The number of rotatable bonds is 8. The van der Waals surface area contributed by atoms with Crippen molar-refractivity contribution >= 4 is 29.1 Å². The van der Waals surface area contributed by atoms with Gasteiger partial charge in [0.05, 0.1) is 23.8 Å². The molecule has 0 bridgehead atoms. The fourth-order valence-corrected chi connectivity index (χ4v) is 3.62. The van der Waals surface area contributed by atoms with E-state index in [4.69, 9.17) is 5.26 Å². The number of ketones is 1. The molecule has 2 aromatic carbocycles. The Kier molecular flexibility index (Phi) is 6.93. The molecule has 1 heterocycles. The van der Waals surface area contributed by atoms with Gasteiger partial charge in [-0.25, -0.2) is 4.39 Å². The summed E-state index contributed by atoms with van der Waals surface area (Å²) < 4.78 is 14.7. The zero-order valence-corrected chi connectivity index (χ0v) is 16.9. The molecule has 1 aromatic heterocycles. The number of amides is 1. The highest BCUT2D eigenvalue weighted by Crippen LogP contribution is 2.19. The molecule has 3 rings (SSSR count). The number of carbonyl (C=O) groups is 2. The second-order valence-corrected chi connectivity index (χ2v) is 7.22. The minimum Gasteiger partial charge on any atom is -0.326 e. The normalized spacial score (nSPS) is 10.4. The highest BCUT2D eigenvalue weighted by molar-refractivity contribution is 7.99. The van der Waals surface area contributed by atoms with Crippen molar-refractivity contribution in [2.24, 2.45) is 0 Å². The number of benzene rings is 2. The van der Waals surface area contributed by atoms with Crippen LogP contribution in [0.3, 0.4) is 0 Å². The lowest BCUT2D eigenvalue weighted by atomic mass is 10.1. The van der Waals surface area contributed by atoms with E-state index >= 15 is 0 Å². The van der Waals surface area contributed by atoms with E-state index in [0.29, 0.717) is 34.3 Å². The van der Waals surface area contributed by atoms with E-state index in [2.05, 4.69) is 15.5 Å². The maximum Gasteiger partial charge on any atom is 0.232 e. The average molecular weight is 423 g/mol. The summed E-state index contributed by atoms with van der Waals surface area (Å²) in [6, 6.07) is 14.0. The summed E-state index contributed by atoms with van der Waals surface area (Å²) in [4.78, 5) is 24.7. The van der Waals surface area contributed by atoms with Crippen molar-refractivity contribution in [2.45, 2.75) is 25.0 Å². The molecule has 9 heteroatoms. The number of nitrogens with zero attached hydrogens (tertiary/aromatic N) is 4. The number of Topliss-reactive ketones (excluding diaryl/α,β-unsaturated/α-hetero) is 1. The Balaban J connectivity index is 1.61. The molecule has 0 spiro atoms. The number of hydrogen-bond acceptors (Lipinski definition) is 6. The Bertz CT molecular complexity index is 1090. The standard InChI is InChI=1S/C21H18FN5O2S/c1-2-27-19(11-20(29)24-17-9-7-16(22)8-10-17)25-26-21(27)30-13-18(28)15-5-3-14(12-23)4-6-15/h3-10H,2,11,13H2,1H3,(H,24,29). The molecular formula is C21H18FN5O2S. The molecule has 1 amide bonds. The molecule has 3 aromatic rings. The molecule has 0 radical (unpaired) electrons. The van der Waals surface area contributed by atoms with Crippen molar-refractivity contribution in [3.63, 3.8) is 0 Å². The second kappa shape index (κ2) is 9.80. The number of anilines is 1. The predicted octanol–water partition coefficient (Wildman–Crippen LogP) is 3.46. The van der Waals surface area contributed by atoms with E-state index in [0.717, 1.165) is 0 Å². The number of aromatic nitrogens is 3. The van der Waals surface area contributed by atoms with E-state index in [9.17, 15) is 14.0 Å². The van der Waals surface area contributed by atoms with E-state index in [-0.39, 0.29) is 29.7 Å². The maximum atomic E-state index is 13.0. The first-order chi connectivity index (χ1) is 14.5. The van der Waals surface area contributed by atoms with Crippen LogP contribution >= 0.6 is 11.8 Å². The third-order valence-corrected chi connectivity index (χ3v) is 5.19. The Morgan fingerprint density at radius 3 is 2.47 bits per heavy atom. The fourth-order valence-electron chi connectivity index (χ4n) is 2.70. The van der Waals surface area contributed by atoms with Crippen molar-refractivity contribution in [1.29, 1.82) is 5.26 Å². The van der Waals surface area contributed by atoms with Gasteiger partial charge in [0.2, 0.25) is 5.91 Å². The van der Waals surface area contributed by atoms with Crippen molar-refractivity contribution in [1.82, 2.24) is 14.8 Å². The molecule has 1 N–H and O–H groups in total. The number of carbonyl (C=O) groups excluding carboxylic acids is 2. The molecule has 0 aliphatic heterocycles. The van der Waals surface area contributed by atoms with Gasteiger partial charge in [0.1, 0.15) is 11.6 Å². The highest BCUT2D eigenvalue weighted by atomic mass is 32.2. The van der Waals surface area contributed by atoms with Gasteiger partial charge < -0.3 is 9.88 Å². The minimum absolute atomic E-state index is 0.00233. The summed E-state index contributed by atoms with van der Waals surface area (Å²) in [5.74, 6) is -0.132. The van der Waals surface area contributed by atoms with Crippen molar-refractivity contribution in [3.8, 4) is 6.07 Å². The molecule has 7 nitrogen and oxygen atoms in total. The Morgan fingerprint density at radius 1 is 1.13 bits per heavy atom. The number of halogens is 1. The van der Waals surface area contributed by atoms with Crippen molar-refractivity contribution < 1.29 is 14.0 Å². The van der Waals surface area contributed by atoms with E-state index in [1.54, 1.807) is 28.8 Å². The monoisotopic (exact) mass is 423 g/mol. The molecule has 0 saturated heterocycles. The summed E-state index contributed by atoms with van der Waals surface area (Å²) in [6.07, 6.45) is 0.00233. The summed E-state index contributed by atoms with van der Waals surface area (Å²) in [7, 11) is 0. The minimum atomic E-state index is -0.379. The Hall–Kier alpha value is -3.51. The molecular weight excluding hydrogens is 405 g/mol. The lowest BCUT2D eigenvalue weighted by molar-refractivity contribution is -0.115. The molecule has 152 valence electrons. The van der Waals surface area contributed by atoms with Gasteiger partial charge in [-0.2, -0.15) is 5.26 Å². The van der Waals surface area contributed by atoms with E-state index in [1.807, 2.05) is 13.0 Å². The lowest BCUT2D eigenvalue weighted by Gasteiger charge is -2.08. The average Bonchev–Trinajstić information content (AvgIpc) is 3.14. The SMILES string of the molecule is CCn1c(CC(=O)Nc2ccc(F)cc2)nnc1SCC(=O)c1ccc(C#N)cc1. The summed E-state index contributed by atoms with van der Waals surface area (Å²) in [5.41, 5.74) is 1.50. The first-order valence-corrected chi connectivity index (χ1v) is 10.1. The van der Waals surface area contributed by atoms with E-state index in [1.165, 1.54) is 36.0 Å². The Labute approximate surface area is 176 Å². The lowest BCUT2D eigenvalue weighted by Crippen LogP contribution is -2.17. The molecule has 0 atom stereocenters. The van der Waals surface area contributed by atoms with Crippen LogP contribution in [0.25, 0.3) is 0 Å². The fraction of sp³-hybridized carbons (Fsp3) is 0.190. The third kappa shape index (κ3) is 5.30. The summed E-state index contributed by atoms with van der Waals surface area (Å²) >= 11 is 1.24. The quantitative estimate of drug-likeness (QED) is 0.440. The van der Waals surface area contributed by atoms with Gasteiger partial charge in [-0.05, 0) is 43.3 Å². The number of thioether (sulfide) groups is 1. The molecule has 0 fully saturated rings.